The zero-order chi connectivity index (χ0) is 29.0. The van der Waals surface area contributed by atoms with Gasteiger partial charge in [0.05, 0.1) is 33.6 Å². The molecule has 1 saturated heterocycles. The van der Waals surface area contributed by atoms with Gasteiger partial charge >= 0.3 is 5.69 Å². The van der Waals surface area contributed by atoms with Crippen LogP contribution in [0.25, 0.3) is 44.5 Å². The van der Waals surface area contributed by atoms with E-state index in [0.717, 1.165) is 89.8 Å². The molecule has 8 nitrogen and oxygen atoms in total. The van der Waals surface area contributed by atoms with Crippen molar-refractivity contribution in [3.8, 4) is 22.4 Å². The molecule has 7 rings (SSSR count). The minimum atomic E-state index is -2.97. The molecule has 0 atom stereocenters. The van der Waals surface area contributed by atoms with E-state index in [4.69, 9.17) is 4.98 Å². The lowest BCUT2D eigenvalue weighted by Gasteiger charge is -2.31. The number of pyridine rings is 1. The van der Waals surface area contributed by atoms with E-state index in [2.05, 4.69) is 58.4 Å². The molecule has 218 valence electrons. The number of H-pyrrole nitrogens is 1. The average Bonchev–Trinajstić information content (AvgIpc) is 3.71. The van der Waals surface area contributed by atoms with Gasteiger partial charge in [0.1, 0.15) is 15.5 Å². The van der Waals surface area contributed by atoms with E-state index in [1.807, 2.05) is 23.9 Å². The lowest BCUT2D eigenvalue weighted by Crippen LogP contribution is -2.38. The molecule has 3 aromatic heterocycles. The third kappa shape index (κ3) is 4.68. The van der Waals surface area contributed by atoms with Crippen LogP contribution in [0.2, 0.25) is 0 Å². The molecule has 2 aliphatic rings. The van der Waals surface area contributed by atoms with Crippen LogP contribution < -0.4 is 5.69 Å². The molecule has 2 aromatic carbocycles. The molecule has 5 aromatic rings. The zero-order valence-corrected chi connectivity index (χ0v) is 25.0. The van der Waals surface area contributed by atoms with Gasteiger partial charge in [0.15, 0.2) is 0 Å². The molecule has 0 unspecified atom stereocenters. The van der Waals surface area contributed by atoms with Crippen LogP contribution in [-0.2, 0) is 23.4 Å². The molecule has 0 amide bonds. The SMILES string of the molecule is Cn1c(=O)n(C2CCCC2)c2c3c(-c4ccccc4)c(-c4ccc(CN5CCC(S(C)(=O)=O)CC5)cc4)[nH]c3ncc21. The van der Waals surface area contributed by atoms with Crippen LogP contribution in [0.3, 0.4) is 0 Å². The summed E-state index contributed by atoms with van der Waals surface area (Å²) in [4.78, 5) is 24.4. The Kier molecular flexibility index (Phi) is 6.82. The van der Waals surface area contributed by atoms with Gasteiger partial charge in [0.2, 0.25) is 0 Å². The number of aromatic amines is 1. The maximum atomic E-state index is 13.6. The maximum absolute atomic E-state index is 13.6. The van der Waals surface area contributed by atoms with Crippen molar-refractivity contribution in [1.29, 1.82) is 0 Å². The molecule has 0 spiro atoms. The van der Waals surface area contributed by atoms with Crippen LogP contribution in [0, 0.1) is 0 Å². The van der Waals surface area contributed by atoms with Crippen molar-refractivity contribution in [3.05, 3.63) is 76.8 Å². The molecule has 1 aliphatic carbocycles. The van der Waals surface area contributed by atoms with Gasteiger partial charge in [0, 0.05) is 31.5 Å². The first-order chi connectivity index (χ1) is 20.3. The summed E-state index contributed by atoms with van der Waals surface area (Å²) in [6.07, 6.45) is 8.91. The van der Waals surface area contributed by atoms with E-state index >= 15 is 0 Å². The normalized spacial score (nSPS) is 17.6. The first-order valence-corrected chi connectivity index (χ1v) is 16.9. The summed E-state index contributed by atoms with van der Waals surface area (Å²) in [6.45, 7) is 2.39. The third-order valence-electron chi connectivity index (χ3n) is 9.41. The quantitative estimate of drug-likeness (QED) is 0.278. The van der Waals surface area contributed by atoms with Crippen LogP contribution in [-0.4, -0.2) is 57.0 Å². The summed E-state index contributed by atoms with van der Waals surface area (Å²) in [7, 11) is -1.13. The lowest BCUT2D eigenvalue weighted by molar-refractivity contribution is 0.222. The van der Waals surface area contributed by atoms with Gasteiger partial charge in [-0.25, -0.2) is 18.2 Å². The Morgan fingerprint density at radius 2 is 1.62 bits per heavy atom. The fourth-order valence-corrected chi connectivity index (χ4v) is 8.19. The summed E-state index contributed by atoms with van der Waals surface area (Å²) < 4.78 is 27.7. The Bertz CT molecular complexity index is 1920. The second-order valence-electron chi connectivity index (χ2n) is 12.1. The first kappa shape index (κ1) is 27.2. The Morgan fingerprint density at radius 1 is 0.929 bits per heavy atom. The van der Waals surface area contributed by atoms with E-state index < -0.39 is 9.84 Å². The van der Waals surface area contributed by atoms with E-state index in [-0.39, 0.29) is 17.0 Å². The predicted octanol–water partition coefficient (Wildman–Crippen LogP) is 5.67. The predicted molar refractivity (Wildman–Crippen MR) is 168 cm³/mol. The monoisotopic (exact) mass is 583 g/mol. The molecule has 0 radical (unpaired) electrons. The van der Waals surface area contributed by atoms with Gasteiger partial charge in [-0.2, -0.15) is 0 Å². The number of sulfone groups is 1. The van der Waals surface area contributed by atoms with E-state index in [1.54, 1.807) is 4.57 Å². The number of likely N-dealkylation sites (tertiary alicyclic amines) is 1. The number of rotatable bonds is 6. The van der Waals surface area contributed by atoms with E-state index in [1.165, 1.54) is 11.8 Å². The van der Waals surface area contributed by atoms with Crippen molar-refractivity contribution in [2.45, 2.75) is 56.4 Å². The van der Waals surface area contributed by atoms with Gasteiger partial charge in [-0.15, -0.1) is 0 Å². The highest BCUT2D eigenvalue weighted by Gasteiger charge is 2.28. The Hall–Kier alpha value is -3.69. The molecule has 1 saturated carbocycles. The summed E-state index contributed by atoms with van der Waals surface area (Å²) in [5.41, 5.74) is 8.04. The van der Waals surface area contributed by atoms with Crippen LogP contribution >= 0.6 is 0 Å². The van der Waals surface area contributed by atoms with Crippen molar-refractivity contribution in [2.24, 2.45) is 7.05 Å². The number of aromatic nitrogens is 4. The number of hydrogen-bond acceptors (Lipinski definition) is 5. The number of benzene rings is 2. The lowest BCUT2D eigenvalue weighted by atomic mass is 9.97. The van der Waals surface area contributed by atoms with Crippen molar-refractivity contribution in [1.82, 2.24) is 24.0 Å². The number of piperidine rings is 1. The maximum Gasteiger partial charge on any atom is 0.329 e. The van der Waals surface area contributed by atoms with Crippen molar-refractivity contribution in [3.63, 3.8) is 0 Å². The van der Waals surface area contributed by atoms with Gasteiger partial charge < -0.3 is 4.98 Å². The van der Waals surface area contributed by atoms with Gasteiger partial charge in [-0.05, 0) is 55.5 Å². The van der Waals surface area contributed by atoms with E-state index in [9.17, 15) is 13.2 Å². The molecule has 4 heterocycles. The molecule has 1 aliphatic heterocycles. The molecule has 9 heteroatoms. The highest BCUT2D eigenvalue weighted by molar-refractivity contribution is 7.91. The molecule has 42 heavy (non-hydrogen) atoms. The smallest absolute Gasteiger partial charge is 0.329 e. The fraction of sp³-hybridized carbons (Fsp3) is 0.394. The zero-order valence-electron chi connectivity index (χ0n) is 24.2. The summed E-state index contributed by atoms with van der Waals surface area (Å²) in [5, 5.41) is 0.778. The minimum absolute atomic E-state index is 0.0258. The highest BCUT2D eigenvalue weighted by atomic mass is 32.2. The van der Waals surface area contributed by atoms with Crippen molar-refractivity contribution in [2.75, 3.05) is 19.3 Å². The second kappa shape index (κ2) is 10.5. The summed E-state index contributed by atoms with van der Waals surface area (Å²) in [6, 6.07) is 19.2. The summed E-state index contributed by atoms with van der Waals surface area (Å²) in [5.74, 6) is 0. The van der Waals surface area contributed by atoms with Crippen LogP contribution in [0.5, 0.6) is 0 Å². The average molecular weight is 584 g/mol. The van der Waals surface area contributed by atoms with Crippen LogP contribution in [0.15, 0.2) is 65.6 Å². The summed E-state index contributed by atoms with van der Waals surface area (Å²) >= 11 is 0. The van der Waals surface area contributed by atoms with Crippen LogP contribution in [0.1, 0.15) is 50.1 Å². The molecule has 0 bridgehead atoms. The molecular formula is C33H37N5O3S. The van der Waals surface area contributed by atoms with Crippen molar-refractivity contribution >= 4 is 31.9 Å². The highest BCUT2D eigenvalue weighted by Crippen LogP contribution is 2.42. The Labute approximate surface area is 245 Å². The van der Waals surface area contributed by atoms with Gasteiger partial charge in [0.25, 0.3) is 0 Å². The van der Waals surface area contributed by atoms with Crippen LogP contribution in [0.4, 0.5) is 0 Å². The molecule has 1 N–H and O–H groups in total. The largest absolute Gasteiger partial charge is 0.339 e. The topological polar surface area (TPSA) is 93.0 Å². The van der Waals surface area contributed by atoms with E-state index in [0.29, 0.717) is 12.8 Å². The number of fused-ring (bicyclic) bond motifs is 3. The second-order valence-corrected chi connectivity index (χ2v) is 14.4. The molecular weight excluding hydrogens is 546 g/mol. The van der Waals surface area contributed by atoms with Gasteiger partial charge in [-0.1, -0.05) is 67.4 Å². The third-order valence-corrected chi connectivity index (χ3v) is 11.1. The number of hydrogen-bond donors (Lipinski definition) is 1. The van der Waals surface area contributed by atoms with Gasteiger partial charge in [-0.3, -0.25) is 14.0 Å². The first-order valence-electron chi connectivity index (χ1n) is 15.0. The Morgan fingerprint density at radius 3 is 2.29 bits per heavy atom. The van der Waals surface area contributed by atoms with Crippen molar-refractivity contribution < 1.29 is 8.42 Å². The standard InChI is InChI=1S/C33H37N5O3S/c1-36-27-20-34-32-29(31(27)38(33(36)39)25-10-6-7-11-25)28(23-8-4-3-5-9-23)30(35-32)24-14-12-22(13-15-24)21-37-18-16-26(17-19-37)42(2,40)41/h3-5,8-9,12-15,20,25-26H,6-7,10-11,16-19,21H2,1-2H3,(H,34,35). The minimum Gasteiger partial charge on any atom is -0.339 e. The number of nitrogens with one attached hydrogen (secondary N) is 1. The number of nitrogens with zero attached hydrogens (tertiary/aromatic N) is 4. The number of aryl methyl sites for hydroxylation is 1. The number of imidazole rings is 1. The Balaban J connectivity index is 1.31. The molecule has 2 fully saturated rings. The fourth-order valence-electron chi connectivity index (χ4n) is 7.12.